The molecule has 0 atom stereocenters. The van der Waals surface area contributed by atoms with E-state index in [-0.39, 0.29) is 5.54 Å². The van der Waals surface area contributed by atoms with Crippen LogP contribution in [0.3, 0.4) is 0 Å². The fourth-order valence-electron chi connectivity index (χ4n) is 1.40. The molecule has 96 valence electrons. The summed E-state index contributed by atoms with van der Waals surface area (Å²) in [5.74, 6) is 1.44. The first-order valence-corrected chi connectivity index (χ1v) is 6.11. The number of hydrogen-bond acceptors (Lipinski definition) is 5. The zero-order valence-corrected chi connectivity index (χ0v) is 11.5. The molecule has 0 amide bonds. The van der Waals surface area contributed by atoms with Crippen LogP contribution in [0.4, 0.5) is 11.8 Å². The summed E-state index contributed by atoms with van der Waals surface area (Å²) in [6.07, 6.45) is 3.96. The molecule has 1 aromatic rings. The first-order valence-electron chi connectivity index (χ1n) is 6.11. The Morgan fingerprint density at radius 2 is 2.06 bits per heavy atom. The third kappa shape index (κ3) is 4.97. The zero-order chi connectivity index (χ0) is 12.9. The Bertz CT molecular complexity index is 345. The molecular formula is C12H23N5. The van der Waals surface area contributed by atoms with Gasteiger partial charge in [0, 0.05) is 19.1 Å². The topological polar surface area (TPSA) is 53.9 Å². The average Bonchev–Trinajstić information content (AvgIpc) is 2.24. The van der Waals surface area contributed by atoms with Crippen molar-refractivity contribution < 1.29 is 0 Å². The molecule has 1 N–H and O–H groups in total. The Labute approximate surface area is 104 Å². The summed E-state index contributed by atoms with van der Waals surface area (Å²) in [5.41, 5.74) is -0.0186. The van der Waals surface area contributed by atoms with E-state index in [0.29, 0.717) is 5.95 Å². The van der Waals surface area contributed by atoms with Crippen molar-refractivity contribution in [1.29, 1.82) is 0 Å². The van der Waals surface area contributed by atoms with Crippen LogP contribution in [0.25, 0.3) is 0 Å². The van der Waals surface area contributed by atoms with Crippen molar-refractivity contribution in [2.24, 2.45) is 0 Å². The molecule has 0 fully saturated rings. The molecule has 1 heterocycles. The van der Waals surface area contributed by atoms with E-state index in [1.165, 1.54) is 0 Å². The molecule has 1 rings (SSSR count). The number of hydrogen-bond donors (Lipinski definition) is 1. The van der Waals surface area contributed by atoms with Gasteiger partial charge in [-0.15, -0.1) is 5.10 Å². The first kappa shape index (κ1) is 13.7. The fraction of sp³-hybridized carbons (Fsp3) is 0.750. The minimum atomic E-state index is -0.0186. The lowest BCUT2D eigenvalue weighted by atomic mass is 10.1. The third-order valence-electron chi connectivity index (χ3n) is 2.24. The predicted molar refractivity (Wildman–Crippen MR) is 71.4 cm³/mol. The second-order valence-corrected chi connectivity index (χ2v) is 5.29. The minimum absolute atomic E-state index is 0.0186. The monoisotopic (exact) mass is 237 g/mol. The van der Waals surface area contributed by atoms with Crippen molar-refractivity contribution in [1.82, 2.24) is 15.2 Å². The maximum absolute atomic E-state index is 4.45. The number of aromatic nitrogens is 3. The van der Waals surface area contributed by atoms with E-state index in [4.69, 9.17) is 0 Å². The molecule has 0 radical (unpaired) electrons. The van der Waals surface area contributed by atoms with E-state index in [1.54, 1.807) is 6.20 Å². The number of nitrogens with zero attached hydrogens (tertiary/aromatic N) is 4. The van der Waals surface area contributed by atoms with Crippen molar-refractivity contribution in [3.8, 4) is 0 Å². The normalized spacial score (nSPS) is 11.4. The largest absolute Gasteiger partial charge is 0.364 e. The number of nitrogens with one attached hydrogen (secondary N) is 1. The van der Waals surface area contributed by atoms with Crippen LogP contribution >= 0.6 is 0 Å². The Morgan fingerprint density at radius 3 is 2.65 bits per heavy atom. The van der Waals surface area contributed by atoms with Gasteiger partial charge in [0.2, 0.25) is 5.95 Å². The molecular weight excluding hydrogens is 214 g/mol. The lowest BCUT2D eigenvalue weighted by Crippen LogP contribution is -2.28. The van der Waals surface area contributed by atoms with Crippen LogP contribution in [0.5, 0.6) is 0 Å². The zero-order valence-electron chi connectivity index (χ0n) is 11.5. The highest BCUT2D eigenvalue weighted by Gasteiger charge is 2.12. The molecule has 17 heavy (non-hydrogen) atoms. The molecule has 0 aliphatic rings. The minimum Gasteiger partial charge on any atom is -0.364 e. The van der Waals surface area contributed by atoms with Crippen molar-refractivity contribution in [2.45, 2.75) is 46.1 Å². The molecule has 0 aromatic carbocycles. The van der Waals surface area contributed by atoms with Gasteiger partial charge in [0.15, 0.2) is 5.82 Å². The number of anilines is 2. The summed E-state index contributed by atoms with van der Waals surface area (Å²) in [7, 11) is 1.99. The summed E-state index contributed by atoms with van der Waals surface area (Å²) >= 11 is 0. The van der Waals surface area contributed by atoms with E-state index >= 15 is 0 Å². The van der Waals surface area contributed by atoms with Crippen LogP contribution < -0.4 is 10.2 Å². The maximum atomic E-state index is 4.45. The van der Waals surface area contributed by atoms with Crippen molar-refractivity contribution in [3.63, 3.8) is 0 Å². The van der Waals surface area contributed by atoms with Gasteiger partial charge in [-0.05, 0) is 27.2 Å². The second-order valence-electron chi connectivity index (χ2n) is 5.29. The van der Waals surface area contributed by atoms with E-state index < -0.39 is 0 Å². The van der Waals surface area contributed by atoms with Gasteiger partial charge < -0.3 is 10.2 Å². The lowest BCUT2D eigenvalue weighted by Gasteiger charge is -2.22. The summed E-state index contributed by atoms with van der Waals surface area (Å²) in [5, 5.41) is 11.3. The van der Waals surface area contributed by atoms with Gasteiger partial charge in [0.25, 0.3) is 0 Å². The van der Waals surface area contributed by atoms with Crippen LogP contribution in [-0.4, -0.2) is 34.3 Å². The molecule has 0 unspecified atom stereocenters. The quantitative estimate of drug-likeness (QED) is 0.851. The third-order valence-corrected chi connectivity index (χ3v) is 2.24. The van der Waals surface area contributed by atoms with Gasteiger partial charge >= 0.3 is 0 Å². The van der Waals surface area contributed by atoms with Gasteiger partial charge in [-0.25, -0.2) is 0 Å². The number of unbranched alkanes of at least 4 members (excludes halogenated alkanes) is 1. The van der Waals surface area contributed by atoms with Crippen LogP contribution in [0.2, 0.25) is 0 Å². The summed E-state index contributed by atoms with van der Waals surface area (Å²) in [4.78, 5) is 6.48. The van der Waals surface area contributed by atoms with E-state index in [1.807, 2.05) is 11.9 Å². The number of rotatable bonds is 5. The van der Waals surface area contributed by atoms with Gasteiger partial charge in [0.1, 0.15) is 0 Å². The Morgan fingerprint density at radius 1 is 1.35 bits per heavy atom. The highest BCUT2D eigenvalue weighted by molar-refractivity contribution is 5.39. The molecule has 1 aromatic heterocycles. The van der Waals surface area contributed by atoms with E-state index in [2.05, 4.69) is 48.2 Å². The molecule has 5 nitrogen and oxygen atoms in total. The van der Waals surface area contributed by atoms with Crippen molar-refractivity contribution in [3.05, 3.63) is 6.20 Å². The molecule has 0 saturated carbocycles. The fourth-order valence-corrected chi connectivity index (χ4v) is 1.40. The van der Waals surface area contributed by atoms with Gasteiger partial charge in [-0.2, -0.15) is 10.1 Å². The molecule has 0 saturated heterocycles. The second kappa shape index (κ2) is 5.80. The van der Waals surface area contributed by atoms with E-state index in [9.17, 15) is 0 Å². The van der Waals surface area contributed by atoms with Crippen molar-refractivity contribution >= 4 is 11.8 Å². The highest BCUT2D eigenvalue weighted by Crippen LogP contribution is 2.13. The van der Waals surface area contributed by atoms with Crippen LogP contribution in [0.1, 0.15) is 40.5 Å². The molecule has 0 spiro atoms. The molecule has 5 heteroatoms. The molecule has 0 aliphatic heterocycles. The van der Waals surface area contributed by atoms with Gasteiger partial charge in [-0.1, -0.05) is 13.3 Å². The Balaban J connectivity index is 2.71. The van der Waals surface area contributed by atoms with E-state index in [0.717, 1.165) is 25.2 Å². The van der Waals surface area contributed by atoms with Crippen LogP contribution in [0.15, 0.2) is 6.20 Å². The first-order chi connectivity index (χ1) is 7.92. The average molecular weight is 237 g/mol. The Hall–Kier alpha value is -1.39. The van der Waals surface area contributed by atoms with Gasteiger partial charge in [-0.3, -0.25) is 0 Å². The van der Waals surface area contributed by atoms with Gasteiger partial charge in [0.05, 0.1) is 6.20 Å². The smallest absolute Gasteiger partial charge is 0.247 e. The Kier molecular flexibility index (Phi) is 4.66. The highest BCUT2D eigenvalue weighted by atomic mass is 15.3. The summed E-state index contributed by atoms with van der Waals surface area (Å²) in [6, 6.07) is 0. The van der Waals surface area contributed by atoms with Crippen LogP contribution in [-0.2, 0) is 0 Å². The molecule has 0 aliphatic carbocycles. The molecule has 0 bridgehead atoms. The standard InChI is InChI=1S/C12H23N5/c1-6-7-8-17(5)11-14-10(9-13-16-11)15-12(2,3)4/h9H,6-8H2,1-5H3,(H,14,15,16). The predicted octanol–water partition coefficient (Wildman–Crippen LogP) is 2.32. The maximum Gasteiger partial charge on any atom is 0.247 e. The SMILES string of the molecule is CCCCN(C)c1nncc(NC(C)(C)C)n1. The lowest BCUT2D eigenvalue weighted by molar-refractivity contribution is 0.627. The van der Waals surface area contributed by atoms with Crippen molar-refractivity contribution in [2.75, 3.05) is 23.8 Å². The summed E-state index contributed by atoms with van der Waals surface area (Å²) < 4.78 is 0. The van der Waals surface area contributed by atoms with Crippen LogP contribution in [0, 0.1) is 0 Å². The summed E-state index contributed by atoms with van der Waals surface area (Å²) in [6.45, 7) is 9.41.